The molecule has 0 aromatic heterocycles. The Hall–Kier alpha value is -1.06. The molecule has 100 valence electrons. The van der Waals surface area contributed by atoms with Crippen LogP contribution in [0.15, 0.2) is 12.1 Å². The molecule has 0 saturated heterocycles. The van der Waals surface area contributed by atoms with Crippen LogP contribution < -0.4 is 10.5 Å². The fourth-order valence-corrected chi connectivity index (χ4v) is 2.56. The molecule has 1 atom stereocenters. The van der Waals surface area contributed by atoms with Crippen molar-refractivity contribution in [2.24, 2.45) is 11.7 Å². The van der Waals surface area contributed by atoms with E-state index in [1.54, 1.807) is 0 Å². The number of nitrogens with two attached hydrogens (primary N) is 1. The zero-order chi connectivity index (χ0) is 13.3. The zero-order valence-electron chi connectivity index (χ0n) is 11.5. The van der Waals surface area contributed by atoms with E-state index in [9.17, 15) is 5.11 Å². The van der Waals surface area contributed by atoms with E-state index in [2.05, 4.69) is 19.1 Å². The van der Waals surface area contributed by atoms with Gasteiger partial charge in [0.05, 0.1) is 0 Å². The summed E-state index contributed by atoms with van der Waals surface area (Å²) >= 11 is 0. The van der Waals surface area contributed by atoms with Gasteiger partial charge in [-0.1, -0.05) is 17.7 Å². The van der Waals surface area contributed by atoms with Crippen LogP contribution in [0.3, 0.4) is 0 Å². The maximum Gasteiger partial charge on any atom is 0.125 e. The van der Waals surface area contributed by atoms with Crippen molar-refractivity contribution in [1.82, 2.24) is 0 Å². The largest absolute Gasteiger partial charge is 0.490 e. The Morgan fingerprint density at radius 3 is 2.28 bits per heavy atom. The number of aryl methyl sites for hydroxylation is 3. The lowest BCUT2D eigenvalue weighted by Crippen LogP contribution is -2.45. The molecule has 3 heteroatoms. The Labute approximate surface area is 109 Å². The SMILES string of the molecule is Cc1cc(C)c(OCC(O)(CN)C2CC2)c(C)c1. The van der Waals surface area contributed by atoms with Gasteiger partial charge in [-0.2, -0.15) is 0 Å². The molecule has 3 nitrogen and oxygen atoms in total. The second kappa shape index (κ2) is 4.90. The summed E-state index contributed by atoms with van der Waals surface area (Å²) in [5.41, 5.74) is 8.28. The summed E-state index contributed by atoms with van der Waals surface area (Å²) in [4.78, 5) is 0. The summed E-state index contributed by atoms with van der Waals surface area (Å²) in [5.74, 6) is 1.20. The van der Waals surface area contributed by atoms with Gasteiger partial charge >= 0.3 is 0 Å². The van der Waals surface area contributed by atoms with Crippen molar-refractivity contribution in [1.29, 1.82) is 0 Å². The third-order valence-corrected chi connectivity index (χ3v) is 3.76. The lowest BCUT2D eigenvalue weighted by Gasteiger charge is -2.27. The highest BCUT2D eigenvalue weighted by Crippen LogP contribution is 2.39. The minimum absolute atomic E-state index is 0.265. The van der Waals surface area contributed by atoms with Gasteiger partial charge in [-0.15, -0.1) is 0 Å². The van der Waals surface area contributed by atoms with Gasteiger partial charge in [0, 0.05) is 6.54 Å². The topological polar surface area (TPSA) is 55.5 Å². The van der Waals surface area contributed by atoms with Gasteiger partial charge in [-0.3, -0.25) is 0 Å². The van der Waals surface area contributed by atoms with Crippen LogP contribution in [0.2, 0.25) is 0 Å². The van der Waals surface area contributed by atoms with E-state index in [0.29, 0.717) is 12.5 Å². The van der Waals surface area contributed by atoms with Crippen LogP contribution in [0.25, 0.3) is 0 Å². The summed E-state index contributed by atoms with van der Waals surface area (Å²) in [6.07, 6.45) is 2.12. The van der Waals surface area contributed by atoms with E-state index in [1.165, 1.54) is 5.56 Å². The quantitative estimate of drug-likeness (QED) is 0.840. The second-order valence-corrected chi connectivity index (χ2v) is 5.60. The van der Waals surface area contributed by atoms with Crippen molar-refractivity contribution in [3.8, 4) is 5.75 Å². The lowest BCUT2D eigenvalue weighted by molar-refractivity contribution is -0.0165. The molecule has 2 rings (SSSR count). The molecule has 1 aliphatic carbocycles. The van der Waals surface area contributed by atoms with Crippen molar-refractivity contribution < 1.29 is 9.84 Å². The van der Waals surface area contributed by atoms with Crippen molar-refractivity contribution in [2.75, 3.05) is 13.2 Å². The lowest BCUT2D eigenvalue weighted by atomic mass is 9.99. The molecule has 1 aromatic rings. The molecule has 1 aromatic carbocycles. The van der Waals surface area contributed by atoms with Gasteiger partial charge < -0.3 is 15.6 Å². The first kappa shape index (κ1) is 13.4. The molecule has 0 bridgehead atoms. The van der Waals surface area contributed by atoms with Crippen molar-refractivity contribution in [3.05, 3.63) is 28.8 Å². The van der Waals surface area contributed by atoms with E-state index in [-0.39, 0.29) is 6.54 Å². The molecule has 0 spiro atoms. The Morgan fingerprint density at radius 1 is 1.28 bits per heavy atom. The standard InChI is InChI=1S/C15H23NO2/c1-10-6-11(2)14(12(3)7-10)18-9-15(17,8-16)13-4-5-13/h6-7,13,17H,4-5,8-9,16H2,1-3H3. The molecule has 3 N–H and O–H groups in total. The zero-order valence-corrected chi connectivity index (χ0v) is 11.5. The summed E-state index contributed by atoms with van der Waals surface area (Å²) in [5, 5.41) is 10.4. The normalized spacial score (nSPS) is 18.5. The highest BCUT2D eigenvalue weighted by Gasteiger charge is 2.43. The molecule has 0 aliphatic heterocycles. The molecular weight excluding hydrogens is 226 g/mol. The molecule has 1 saturated carbocycles. The van der Waals surface area contributed by atoms with Crippen LogP contribution in [0.5, 0.6) is 5.75 Å². The highest BCUT2D eigenvalue weighted by molar-refractivity contribution is 5.43. The summed E-state index contributed by atoms with van der Waals surface area (Å²) < 4.78 is 5.85. The molecular formula is C15H23NO2. The van der Waals surface area contributed by atoms with Crippen LogP contribution in [-0.4, -0.2) is 23.9 Å². The van der Waals surface area contributed by atoms with E-state index >= 15 is 0 Å². The van der Waals surface area contributed by atoms with Crippen LogP contribution in [0.4, 0.5) is 0 Å². The molecule has 1 unspecified atom stereocenters. The third-order valence-electron chi connectivity index (χ3n) is 3.76. The summed E-state index contributed by atoms with van der Waals surface area (Å²) in [6, 6.07) is 4.20. The fourth-order valence-electron chi connectivity index (χ4n) is 2.56. The predicted molar refractivity (Wildman–Crippen MR) is 72.9 cm³/mol. The minimum atomic E-state index is -0.857. The minimum Gasteiger partial charge on any atom is -0.490 e. The van der Waals surface area contributed by atoms with Gasteiger partial charge in [0.2, 0.25) is 0 Å². The van der Waals surface area contributed by atoms with Gasteiger partial charge in [-0.05, 0) is 50.7 Å². The summed E-state index contributed by atoms with van der Waals surface area (Å²) in [6.45, 7) is 6.70. The molecule has 1 aliphatic rings. The van der Waals surface area contributed by atoms with E-state index in [4.69, 9.17) is 10.5 Å². The maximum absolute atomic E-state index is 10.4. The second-order valence-electron chi connectivity index (χ2n) is 5.60. The van der Waals surface area contributed by atoms with Crippen LogP contribution >= 0.6 is 0 Å². The molecule has 0 heterocycles. The Balaban J connectivity index is 2.10. The smallest absolute Gasteiger partial charge is 0.125 e. The monoisotopic (exact) mass is 249 g/mol. The molecule has 0 radical (unpaired) electrons. The van der Waals surface area contributed by atoms with Crippen molar-refractivity contribution >= 4 is 0 Å². The third kappa shape index (κ3) is 2.68. The first-order valence-electron chi connectivity index (χ1n) is 6.59. The number of aliphatic hydroxyl groups is 1. The average Bonchev–Trinajstić information content (AvgIpc) is 3.11. The molecule has 0 amide bonds. The number of ether oxygens (including phenoxy) is 1. The van der Waals surface area contributed by atoms with Gasteiger partial charge in [0.1, 0.15) is 18.0 Å². The Bertz CT molecular complexity index is 417. The van der Waals surface area contributed by atoms with E-state index < -0.39 is 5.60 Å². The van der Waals surface area contributed by atoms with Gasteiger partial charge in [-0.25, -0.2) is 0 Å². The Morgan fingerprint density at radius 2 is 1.83 bits per heavy atom. The van der Waals surface area contributed by atoms with Crippen LogP contribution in [0.1, 0.15) is 29.5 Å². The van der Waals surface area contributed by atoms with Gasteiger partial charge in [0.25, 0.3) is 0 Å². The molecule has 1 fully saturated rings. The maximum atomic E-state index is 10.4. The first-order valence-corrected chi connectivity index (χ1v) is 6.59. The number of hydrogen-bond donors (Lipinski definition) is 2. The summed E-state index contributed by atoms with van der Waals surface area (Å²) in [7, 11) is 0. The van der Waals surface area contributed by atoms with E-state index in [1.807, 2.05) is 13.8 Å². The van der Waals surface area contributed by atoms with E-state index in [0.717, 1.165) is 29.7 Å². The molecule has 18 heavy (non-hydrogen) atoms. The van der Waals surface area contributed by atoms with Crippen LogP contribution in [0, 0.1) is 26.7 Å². The van der Waals surface area contributed by atoms with Crippen LogP contribution in [-0.2, 0) is 0 Å². The van der Waals surface area contributed by atoms with Crippen molar-refractivity contribution in [2.45, 2.75) is 39.2 Å². The first-order chi connectivity index (χ1) is 8.46. The predicted octanol–water partition coefficient (Wildman–Crippen LogP) is 2.09. The Kier molecular flexibility index (Phi) is 3.64. The number of benzene rings is 1. The number of hydrogen-bond acceptors (Lipinski definition) is 3. The number of rotatable bonds is 5. The van der Waals surface area contributed by atoms with Crippen molar-refractivity contribution in [3.63, 3.8) is 0 Å². The highest BCUT2D eigenvalue weighted by atomic mass is 16.5. The average molecular weight is 249 g/mol. The van der Waals surface area contributed by atoms with Gasteiger partial charge in [0.15, 0.2) is 0 Å². The fraction of sp³-hybridized carbons (Fsp3) is 0.600.